The van der Waals surface area contributed by atoms with Crippen molar-refractivity contribution in [3.63, 3.8) is 0 Å². The van der Waals surface area contributed by atoms with E-state index >= 15 is 0 Å². The zero-order valence-corrected chi connectivity index (χ0v) is 13.0. The summed E-state index contributed by atoms with van der Waals surface area (Å²) in [5.74, 6) is -0.0114. The number of nitrogens with one attached hydrogen (secondary N) is 1. The Labute approximate surface area is 116 Å². The van der Waals surface area contributed by atoms with Crippen LogP contribution in [0, 0.1) is 5.41 Å². The van der Waals surface area contributed by atoms with Gasteiger partial charge in [-0.3, -0.25) is 9.59 Å². The van der Waals surface area contributed by atoms with E-state index in [-0.39, 0.29) is 23.3 Å². The SMILES string of the molecule is CC1C(=O)NC(C(C)(C)C)C(=O)N1CCCN(C)C. The van der Waals surface area contributed by atoms with E-state index in [0.717, 1.165) is 13.0 Å². The molecule has 0 radical (unpaired) electrons. The van der Waals surface area contributed by atoms with Crippen LogP contribution < -0.4 is 5.32 Å². The van der Waals surface area contributed by atoms with Gasteiger partial charge in [0, 0.05) is 6.54 Å². The fourth-order valence-corrected chi connectivity index (χ4v) is 2.27. The van der Waals surface area contributed by atoms with Gasteiger partial charge in [0.15, 0.2) is 0 Å². The van der Waals surface area contributed by atoms with E-state index in [1.54, 1.807) is 11.8 Å². The van der Waals surface area contributed by atoms with E-state index in [4.69, 9.17) is 0 Å². The molecule has 2 unspecified atom stereocenters. The van der Waals surface area contributed by atoms with Gasteiger partial charge in [-0.05, 0) is 39.4 Å². The van der Waals surface area contributed by atoms with E-state index in [1.165, 1.54) is 0 Å². The molecule has 1 N–H and O–H groups in total. The van der Waals surface area contributed by atoms with Gasteiger partial charge in [-0.25, -0.2) is 0 Å². The number of piperazine rings is 1. The van der Waals surface area contributed by atoms with Crippen LogP contribution in [0.15, 0.2) is 0 Å². The smallest absolute Gasteiger partial charge is 0.246 e. The standard InChI is InChI=1S/C14H27N3O2/c1-10-12(18)15-11(14(2,3)4)13(19)17(10)9-7-8-16(5)6/h10-11H,7-9H2,1-6H3,(H,15,18). The molecule has 1 aliphatic heterocycles. The molecule has 1 rings (SSSR count). The second-order valence-corrected chi connectivity index (χ2v) is 6.67. The minimum atomic E-state index is -0.421. The van der Waals surface area contributed by atoms with Crippen molar-refractivity contribution in [2.24, 2.45) is 5.41 Å². The van der Waals surface area contributed by atoms with Crippen LogP contribution in [-0.4, -0.2) is 60.9 Å². The molecule has 0 aliphatic carbocycles. The molecule has 0 spiro atoms. The van der Waals surface area contributed by atoms with Gasteiger partial charge in [-0.2, -0.15) is 0 Å². The normalized spacial score (nSPS) is 24.9. The summed E-state index contributed by atoms with van der Waals surface area (Å²) in [5, 5.41) is 2.84. The Morgan fingerprint density at radius 1 is 1.26 bits per heavy atom. The minimum absolute atomic E-state index is 0.0401. The van der Waals surface area contributed by atoms with Gasteiger partial charge in [0.25, 0.3) is 0 Å². The van der Waals surface area contributed by atoms with Crippen molar-refractivity contribution in [3.8, 4) is 0 Å². The van der Waals surface area contributed by atoms with Crippen molar-refractivity contribution >= 4 is 11.8 Å². The molecule has 2 atom stereocenters. The summed E-state index contributed by atoms with van der Waals surface area (Å²) in [7, 11) is 4.01. The van der Waals surface area contributed by atoms with E-state index in [9.17, 15) is 9.59 Å². The topological polar surface area (TPSA) is 52.7 Å². The Morgan fingerprint density at radius 2 is 1.84 bits per heavy atom. The molecule has 0 aromatic heterocycles. The van der Waals surface area contributed by atoms with Crippen LogP contribution in [-0.2, 0) is 9.59 Å². The van der Waals surface area contributed by atoms with Gasteiger partial charge in [-0.1, -0.05) is 20.8 Å². The predicted molar refractivity (Wildman–Crippen MR) is 75.7 cm³/mol. The van der Waals surface area contributed by atoms with Crippen molar-refractivity contribution in [2.75, 3.05) is 27.2 Å². The average molecular weight is 269 g/mol. The van der Waals surface area contributed by atoms with Gasteiger partial charge >= 0.3 is 0 Å². The zero-order valence-electron chi connectivity index (χ0n) is 13.0. The lowest BCUT2D eigenvalue weighted by Crippen LogP contribution is -2.65. The van der Waals surface area contributed by atoms with E-state index in [2.05, 4.69) is 10.2 Å². The quantitative estimate of drug-likeness (QED) is 0.817. The summed E-state index contributed by atoms with van der Waals surface area (Å²) in [4.78, 5) is 28.3. The van der Waals surface area contributed by atoms with Gasteiger partial charge in [-0.15, -0.1) is 0 Å². The molecule has 0 saturated carbocycles. The Morgan fingerprint density at radius 3 is 2.32 bits per heavy atom. The molecule has 1 aliphatic rings. The third-order valence-electron chi connectivity index (χ3n) is 3.53. The number of carbonyl (C=O) groups excluding carboxylic acids is 2. The van der Waals surface area contributed by atoms with Crippen molar-refractivity contribution in [3.05, 3.63) is 0 Å². The highest BCUT2D eigenvalue weighted by atomic mass is 16.2. The second kappa shape index (κ2) is 5.90. The van der Waals surface area contributed by atoms with Crippen LogP contribution in [0.2, 0.25) is 0 Å². The molecule has 2 amide bonds. The van der Waals surface area contributed by atoms with Crippen molar-refractivity contribution < 1.29 is 9.59 Å². The molecule has 0 aromatic carbocycles. The number of carbonyl (C=O) groups is 2. The third-order valence-corrected chi connectivity index (χ3v) is 3.53. The maximum absolute atomic E-state index is 12.5. The summed E-state index contributed by atoms with van der Waals surface area (Å²) >= 11 is 0. The Hall–Kier alpha value is -1.10. The number of hydrogen-bond donors (Lipinski definition) is 1. The predicted octanol–water partition coefficient (Wildman–Crippen LogP) is 0.700. The lowest BCUT2D eigenvalue weighted by Gasteiger charge is -2.42. The first-order valence-corrected chi connectivity index (χ1v) is 6.90. The summed E-state index contributed by atoms with van der Waals surface area (Å²) < 4.78 is 0. The molecule has 0 bridgehead atoms. The molecule has 1 fully saturated rings. The Kier molecular flexibility index (Phi) is 4.96. The molecule has 1 saturated heterocycles. The van der Waals surface area contributed by atoms with Crippen molar-refractivity contribution in [1.29, 1.82) is 0 Å². The first-order valence-electron chi connectivity index (χ1n) is 6.90. The maximum atomic E-state index is 12.5. The van der Waals surface area contributed by atoms with Crippen molar-refractivity contribution in [2.45, 2.75) is 46.2 Å². The third kappa shape index (κ3) is 3.93. The monoisotopic (exact) mass is 269 g/mol. The summed E-state index contributed by atoms with van der Waals surface area (Å²) in [6.07, 6.45) is 0.882. The van der Waals surface area contributed by atoms with Crippen molar-refractivity contribution in [1.82, 2.24) is 15.1 Å². The highest BCUT2D eigenvalue weighted by Gasteiger charge is 2.43. The number of amides is 2. The van der Waals surface area contributed by atoms with Crippen LogP contribution in [0.1, 0.15) is 34.1 Å². The van der Waals surface area contributed by atoms with Crippen LogP contribution in [0.5, 0.6) is 0 Å². The fourth-order valence-electron chi connectivity index (χ4n) is 2.27. The minimum Gasteiger partial charge on any atom is -0.342 e. The van der Waals surface area contributed by atoms with Gasteiger partial charge in [0.1, 0.15) is 12.1 Å². The number of hydrogen-bond acceptors (Lipinski definition) is 3. The van der Waals surface area contributed by atoms with Crippen LogP contribution in [0.4, 0.5) is 0 Å². The van der Waals surface area contributed by atoms with Crippen LogP contribution in [0.25, 0.3) is 0 Å². The highest BCUT2D eigenvalue weighted by Crippen LogP contribution is 2.25. The number of rotatable bonds is 4. The Balaban J connectivity index is 2.76. The molecule has 5 nitrogen and oxygen atoms in total. The first kappa shape index (κ1) is 16.0. The molecular formula is C14H27N3O2. The van der Waals surface area contributed by atoms with Gasteiger partial charge in [0.2, 0.25) is 11.8 Å². The second-order valence-electron chi connectivity index (χ2n) is 6.67. The molecule has 1 heterocycles. The maximum Gasteiger partial charge on any atom is 0.246 e. The van der Waals surface area contributed by atoms with E-state index < -0.39 is 6.04 Å². The first-order chi connectivity index (χ1) is 8.64. The number of nitrogens with zero attached hydrogens (tertiary/aromatic N) is 2. The highest BCUT2D eigenvalue weighted by molar-refractivity contribution is 5.97. The summed E-state index contributed by atoms with van der Waals surface area (Å²) in [6.45, 7) is 9.27. The van der Waals surface area contributed by atoms with E-state index in [1.807, 2.05) is 34.9 Å². The van der Waals surface area contributed by atoms with E-state index in [0.29, 0.717) is 6.54 Å². The Bertz CT molecular complexity index is 347. The molecule has 5 heteroatoms. The molecular weight excluding hydrogens is 242 g/mol. The zero-order chi connectivity index (χ0) is 14.8. The fraction of sp³-hybridized carbons (Fsp3) is 0.857. The van der Waals surface area contributed by atoms with Gasteiger partial charge < -0.3 is 15.1 Å². The molecule has 110 valence electrons. The largest absolute Gasteiger partial charge is 0.342 e. The molecule has 19 heavy (non-hydrogen) atoms. The summed E-state index contributed by atoms with van der Waals surface area (Å²) in [5.41, 5.74) is -0.257. The van der Waals surface area contributed by atoms with Crippen LogP contribution in [0.3, 0.4) is 0 Å². The lowest BCUT2D eigenvalue weighted by molar-refractivity contribution is -0.151. The average Bonchev–Trinajstić information content (AvgIpc) is 2.26. The summed E-state index contributed by atoms with van der Waals surface area (Å²) in [6, 6.07) is -0.788. The van der Waals surface area contributed by atoms with Crippen LogP contribution >= 0.6 is 0 Å². The molecule has 0 aromatic rings. The lowest BCUT2D eigenvalue weighted by atomic mass is 9.84. The van der Waals surface area contributed by atoms with Gasteiger partial charge in [0.05, 0.1) is 0 Å².